The first-order chi connectivity index (χ1) is 10.5. The lowest BCUT2D eigenvalue weighted by Crippen LogP contribution is -2.46. The number of carbonyl (C=O) groups excluding carboxylic acids is 1. The highest BCUT2D eigenvalue weighted by molar-refractivity contribution is 5.93. The second-order valence-electron chi connectivity index (χ2n) is 7.26. The van der Waals surface area contributed by atoms with Gasteiger partial charge in [0.05, 0.1) is 11.8 Å². The molecule has 0 radical (unpaired) electrons. The molecule has 1 amide bonds. The predicted octanol–water partition coefficient (Wildman–Crippen LogP) is 2.00. The monoisotopic (exact) mass is 304 g/mol. The van der Waals surface area contributed by atoms with Crippen molar-refractivity contribution in [3.05, 3.63) is 18.0 Å². The summed E-state index contributed by atoms with van der Waals surface area (Å²) < 4.78 is 1.70. The summed E-state index contributed by atoms with van der Waals surface area (Å²) in [5, 5.41) is 4.13. The molecule has 0 aromatic carbocycles. The summed E-state index contributed by atoms with van der Waals surface area (Å²) in [7, 11) is 1.85. The largest absolute Gasteiger partial charge is 0.337 e. The molecular weight excluding hydrogens is 276 g/mol. The number of amides is 1. The van der Waals surface area contributed by atoms with Gasteiger partial charge in [-0.3, -0.25) is 14.4 Å². The highest BCUT2D eigenvalue weighted by Crippen LogP contribution is 2.32. The van der Waals surface area contributed by atoms with E-state index in [4.69, 9.17) is 0 Å². The minimum absolute atomic E-state index is 0.132. The minimum atomic E-state index is 0.132. The molecule has 0 N–H and O–H groups in total. The van der Waals surface area contributed by atoms with E-state index in [-0.39, 0.29) is 5.91 Å². The van der Waals surface area contributed by atoms with Crippen LogP contribution in [0.2, 0.25) is 0 Å². The molecule has 2 aliphatic rings. The van der Waals surface area contributed by atoms with E-state index in [1.165, 1.54) is 19.4 Å². The average Bonchev–Trinajstić information content (AvgIpc) is 3.23. The molecule has 1 aromatic rings. The quantitative estimate of drug-likeness (QED) is 0.854. The molecule has 0 unspecified atom stereocenters. The summed E-state index contributed by atoms with van der Waals surface area (Å²) >= 11 is 0. The molecule has 1 saturated carbocycles. The maximum Gasteiger partial charge on any atom is 0.257 e. The fraction of sp³-hybridized carbons (Fsp3) is 0.765. The molecule has 22 heavy (non-hydrogen) atoms. The fourth-order valence-electron chi connectivity index (χ4n) is 3.45. The van der Waals surface area contributed by atoms with Crippen molar-refractivity contribution in [2.75, 3.05) is 26.2 Å². The Labute approximate surface area is 133 Å². The van der Waals surface area contributed by atoms with Crippen molar-refractivity contribution in [2.45, 2.75) is 39.2 Å². The van der Waals surface area contributed by atoms with Crippen molar-refractivity contribution >= 4 is 5.91 Å². The smallest absolute Gasteiger partial charge is 0.257 e. The first-order valence-electron chi connectivity index (χ1n) is 8.56. The molecule has 5 heteroatoms. The van der Waals surface area contributed by atoms with Crippen LogP contribution in [0.25, 0.3) is 0 Å². The molecule has 0 bridgehead atoms. The molecular formula is C17H28N4O. The van der Waals surface area contributed by atoms with E-state index in [0.717, 1.165) is 32.0 Å². The van der Waals surface area contributed by atoms with Crippen LogP contribution in [-0.4, -0.2) is 57.7 Å². The van der Waals surface area contributed by atoms with Gasteiger partial charge in [-0.05, 0) is 31.1 Å². The topological polar surface area (TPSA) is 41.4 Å². The maximum atomic E-state index is 12.7. The van der Waals surface area contributed by atoms with Gasteiger partial charge in [0.25, 0.3) is 5.91 Å². The van der Waals surface area contributed by atoms with Crippen LogP contribution in [-0.2, 0) is 7.05 Å². The molecule has 0 spiro atoms. The molecule has 1 aliphatic heterocycles. The Bertz CT molecular complexity index is 520. The number of rotatable bonds is 4. The third-order valence-electron chi connectivity index (χ3n) is 4.95. The Kier molecular flexibility index (Phi) is 4.52. The third-order valence-corrected chi connectivity index (χ3v) is 4.95. The van der Waals surface area contributed by atoms with Crippen LogP contribution in [0, 0.1) is 11.8 Å². The first kappa shape index (κ1) is 15.5. The van der Waals surface area contributed by atoms with Crippen molar-refractivity contribution in [3.63, 3.8) is 0 Å². The molecule has 1 saturated heterocycles. The van der Waals surface area contributed by atoms with Gasteiger partial charge in [-0.15, -0.1) is 0 Å². The van der Waals surface area contributed by atoms with Gasteiger partial charge in [0.1, 0.15) is 0 Å². The molecule has 5 nitrogen and oxygen atoms in total. The second-order valence-corrected chi connectivity index (χ2v) is 7.26. The summed E-state index contributed by atoms with van der Waals surface area (Å²) in [5.41, 5.74) is 0.709. The third kappa shape index (κ3) is 3.51. The van der Waals surface area contributed by atoms with Gasteiger partial charge in [0, 0.05) is 45.5 Å². The van der Waals surface area contributed by atoms with Gasteiger partial charge < -0.3 is 4.90 Å². The summed E-state index contributed by atoms with van der Waals surface area (Å²) in [6, 6.07) is 0.476. The molecule has 1 atom stereocenters. The van der Waals surface area contributed by atoms with Gasteiger partial charge in [0.15, 0.2) is 0 Å². The lowest BCUT2D eigenvalue weighted by atomic mass is 10.0. The van der Waals surface area contributed by atoms with E-state index in [0.29, 0.717) is 17.5 Å². The van der Waals surface area contributed by atoms with Crippen LogP contribution >= 0.6 is 0 Å². The van der Waals surface area contributed by atoms with Crippen molar-refractivity contribution < 1.29 is 4.79 Å². The van der Waals surface area contributed by atoms with Crippen molar-refractivity contribution in [1.29, 1.82) is 0 Å². The number of hydrogen-bond acceptors (Lipinski definition) is 3. The van der Waals surface area contributed by atoms with Crippen molar-refractivity contribution in [3.8, 4) is 0 Å². The van der Waals surface area contributed by atoms with Gasteiger partial charge in [-0.2, -0.15) is 5.10 Å². The fourth-order valence-corrected chi connectivity index (χ4v) is 3.45. The van der Waals surface area contributed by atoms with Crippen LogP contribution < -0.4 is 0 Å². The van der Waals surface area contributed by atoms with E-state index in [1.54, 1.807) is 10.9 Å². The second kappa shape index (κ2) is 6.41. The molecule has 3 rings (SSSR count). The molecule has 122 valence electrons. The summed E-state index contributed by atoms with van der Waals surface area (Å²) in [5.74, 6) is 1.61. The zero-order valence-corrected chi connectivity index (χ0v) is 14.0. The van der Waals surface area contributed by atoms with Gasteiger partial charge in [0.2, 0.25) is 0 Å². The molecule has 2 fully saturated rings. The Morgan fingerprint density at radius 2 is 2.14 bits per heavy atom. The van der Waals surface area contributed by atoms with Gasteiger partial charge in [-0.1, -0.05) is 13.8 Å². The first-order valence-corrected chi connectivity index (χ1v) is 8.56. The summed E-state index contributed by atoms with van der Waals surface area (Å²) in [4.78, 5) is 17.4. The standard InChI is InChI=1S/C17H28N4O/c1-13(2)16-12-21(17(22)15-9-18-19(3)11-15)8-4-7-20(16)10-14-5-6-14/h9,11,13-14,16H,4-8,10,12H2,1-3H3/t16-/m1/s1. The predicted molar refractivity (Wildman–Crippen MR) is 86.7 cm³/mol. The SMILES string of the molecule is CC(C)[C@H]1CN(C(=O)c2cnn(C)c2)CCCN1CC1CC1. The van der Waals surface area contributed by atoms with Crippen LogP contribution in [0.15, 0.2) is 12.4 Å². The zero-order chi connectivity index (χ0) is 15.7. The Hall–Kier alpha value is -1.36. The van der Waals surface area contributed by atoms with E-state index in [2.05, 4.69) is 23.8 Å². The van der Waals surface area contributed by atoms with Gasteiger partial charge in [-0.25, -0.2) is 0 Å². The van der Waals surface area contributed by atoms with Gasteiger partial charge >= 0.3 is 0 Å². The van der Waals surface area contributed by atoms with Crippen molar-refractivity contribution in [2.24, 2.45) is 18.9 Å². The van der Waals surface area contributed by atoms with E-state index in [1.807, 2.05) is 18.1 Å². The number of nitrogens with zero attached hydrogens (tertiary/aromatic N) is 4. The molecule has 1 aromatic heterocycles. The van der Waals surface area contributed by atoms with Crippen LogP contribution in [0.5, 0.6) is 0 Å². The normalized spacial score (nSPS) is 23.8. The lowest BCUT2D eigenvalue weighted by molar-refractivity contribution is 0.0704. The minimum Gasteiger partial charge on any atom is -0.337 e. The lowest BCUT2D eigenvalue weighted by Gasteiger charge is -2.34. The summed E-state index contributed by atoms with van der Waals surface area (Å²) in [6.07, 6.45) is 7.35. The summed E-state index contributed by atoms with van der Waals surface area (Å²) in [6.45, 7) is 8.61. The van der Waals surface area contributed by atoms with Crippen LogP contribution in [0.3, 0.4) is 0 Å². The average molecular weight is 304 g/mol. The van der Waals surface area contributed by atoms with E-state index in [9.17, 15) is 4.79 Å². The number of aryl methyl sites for hydroxylation is 1. The maximum absolute atomic E-state index is 12.7. The number of hydrogen-bond donors (Lipinski definition) is 0. The molecule has 1 aliphatic carbocycles. The number of carbonyl (C=O) groups is 1. The highest BCUT2D eigenvalue weighted by atomic mass is 16.2. The van der Waals surface area contributed by atoms with E-state index >= 15 is 0 Å². The zero-order valence-electron chi connectivity index (χ0n) is 14.0. The van der Waals surface area contributed by atoms with E-state index < -0.39 is 0 Å². The van der Waals surface area contributed by atoms with Crippen LogP contribution in [0.1, 0.15) is 43.5 Å². The number of aromatic nitrogens is 2. The Morgan fingerprint density at radius 3 is 2.73 bits per heavy atom. The van der Waals surface area contributed by atoms with Crippen molar-refractivity contribution in [1.82, 2.24) is 19.6 Å². The van der Waals surface area contributed by atoms with Crippen LogP contribution in [0.4, 0.5) is 0 Å². The molecule has 2 heterocycles. The highest BCUT2D eigenvalue weighted by Gasteiger charge is 2.33. The Balaban J connectivity index is 1.71. The Morgan fingerprint density at radius 1 is 1.36 bits per heavy atom.